The third kappa shape index (κ3) is 6.58. The summed E-state index contributed by atoms with van der Waals surface area (Å²) in [5, 5.41) is 2.63. The zero-order valence-electron chi connectivity index (χ0n) is 14.8. The van der Waals surface area contributed by atoms with Crippen molar-refractivity contribution in [3.05, 3.63) is 53.6 Å². The van der Waals surface area contributed by atoms with E-state index in [0.29, 0.717) is 11.3 Å². The molecule has 0 unspecified atom stereocenters. The van der Waals surface area contributed by atoms with E-state index < -0.39 is 12.6 Å². The Bertz CT molecular complexity index is 793. The monoisotopic (exact) mass is 379 g/mol. The van der Waals surface area contributed by atoms with E-state index >= 15 is 0 Å². The summed E-state index contributed by atoms with van der Waals surface area (Å²) in [6.45, 7) is -1.58. The minimum atomic E-state index is -2.96. The second kappa shape index (κ2) is 9.51. The molecule has 0 radical (unpaired) electrons. The zero-order chi connectivity index (χ0) is 19.8. The number of alkyl halides is 2. The van der Waals surface area contributed by atoms with Crippen LogP contribution in [0.25, 0.3) is 0 Å². The van der Waals surface area contributed by atoms with Crippen molar-refractivity contribution in [1.82, 2.24) is 0 Å². The second-order valence-electron chi connectivity index (χ2n) is 5.58. The van der Waals surface area contributed by atoms with Crippen LogP contribution in [0.2, 0.25) is 0 Å². The summed E-state index contributed by atoms with van der Waals surface area (Å²) in [4.78, 5) is 22.9. The Kier molecular flexibility index (Phi) is 7.10. The zero-order valence-corrected chi connectivity index (χ0v) is 14.8. The Morgan fingerprint density at radius 1 is 1.04 bits per heavy atom. The van der Waals surface area contributed by atoms with Gasteiger partial charge in [0.1, 0.15) is 6.61 Å². The first-order valence-corrected chi connectivity index (χ1v) is 8.01. The lowest BCUT2D eigenvalue weighted by Gasteiger charge is -2.12. The van der Waals surface area contributed by atoms with Gasteiger partial charge < -0.3 is 19.5 Å². The van der Waals surface area contributed by atoms with Gasteiger partial charge >= 0.3 is 12.6 Å². The summed E-state index contributed by atoms with van der Waals surface area (Å²) in [7, 11) is 1.33. The van der Waals surface area contributed by atoms with Gasteiger partial charge in [-0.25, -0.2) is 0 Å². The van der Waals surface area contributed by atoms with Crippen molar-refractivity contribution in [1.29, 1.82) is 0 Å². The number of ether oxygens (including phenoxy) is 3. The van der Waals surface area contributed by atoms with Crippen molar-refractivity contribution in [2.75, 3.05) is 12.4 Å². The maximum Gasteiger partial charge on any atom is 0.387 e. The van der Waals surface area contributed by atoms with Crippen molar-refractivity contribution in [3.8, 4) is 11.5 Å². The predicted octanol–water partition coefficient (Wildman–Crippen LogP) is 3.54. The molecule has 0 atom stereocenters. The second-order valence-corrected chi connectivity index (χ2v) is 5.58. The fourth-order valence-electron chi connectivity index (χ4n) is 2.29. The van der Waals surface area contributed by atoms with Crippen LogP contribution in [-0.2, 0) is 27.4 Å². The summed E-state index contributed by atoms with van der Waals surface area (Å²) in [5.41, 5.74) is 1.94. The van der Waals surface area contributed by atoms with Crippen LogP contribution in [0.15, 0.2) is 42.5 Å². The van der Waals surface area contributed by atoms with Crippen LogP contribution in [0.5, 0.6) is 11.5 Å². The lowest BCUT2D eigenvalue weighted by atomic mass is 10.1. The highest BCUT2D eigenvalue weighted by atomic mass is 19.3. The molecule has 0 bridgehead atoms. The van der Waals surface area contributed by atoms with Crippen molar-refractivity contribution in [2.45, 2.75) is 26.6 Å². The third-order valence-corrected chi connectivity index (χ3v) is 3.47. The molecule has 6 nitrogen and oxygen atoms in total. The normalized spacial score (nSPS) is 10.4. The Hall–Kier alpha value is -3.16. The molecule has 0 saturated carbocycles. The number of nitrogens with one attached hydrogen (secondary N) is 1. The van der Waals surface area contributed by atoms with Gasteiger partial charge in [0.15, 0.2) is 11.5 Å². The van der Waals surface area contributed by atoms with Crippen molar-refractivity contribution >= 4 is 17.6 Å². The van der Waals surface area contributed by atoms with Gasteiger partial charge in [0.2, 0.25) is 5.91 Å². The summed E-state index contributed by atoms with van der Waals surface area (Å²) in [6, 6.07) is 11.1. The van der Waals surface area contributed by atoms with E-state index in [1.807, 2.05) is 0 Å². The highest BCUT2D eigenvalue weighted by molar-refractivity contribution is 5.88. The van der Waals surface area contributed by atoms with E-state index in [1.54, 1.807) is 24.3 Å². The first kappa shape index (κ1) is 20.2. The number of hydrogen-bond acceptors (Lipinski definition) is 5. The Morgan fingerprint density at radius 2 is 1.70 bits per heavy atom. The van der Waals surface area contributed by atoms with Gasteiger partial charge in [0, 0.05) is 12.6 Å². The molecule has 0 aromatic heterocycles. The van der Waals surface area contributed by atoms with Crippen molar-refractivity contribution in [2.24, 2.45) is 0 Å². The van der Waals surface area contributed by atoms with Crippen LogP contribution in [-0.4, -0.2) is 25.6 Å². The van der Waals surface area contributed by atoms with Crippen molar-refractivity contribution in [3.63, 3.8) is 0 Å². The standard InChI is InChI=1S/C19H19F2NO5/c1-12(23)22-15-6-3-13(4-7-15)10-18(24)26-11-14-5-8-16(27-19(20)21)17(9-14)25-2/h3-9,19H,10-11H2,1-2H3,(H,22,23). The molecule has 0 aliphatic heterocycles. The number of amides is 1. The van der Waals surface area contributed by atoms with Gasteiger partial charge in [-0.1, -0.05) is 18.2 Å². The summed E-state index contributed by atoms with van der Waals surface area (Å²) in [6.07, 6.45) is 0.0596. The van der Waals surface area contributed by atoms with E-state index in [0.717, 1.165) is 5.56 Å². The highest BCUT2D eigenvalue weighted by Gasteiger charge is 2.12. The first-order chi connectivity index (χ1) is 12.9. The molecule has 8 heteroatoms. The van der Waals surface area contributed by atoms with Gasteiger partial charge in [0.05, 0.1) is 13.5 Å². The molecule has 1 amide bonds. The summed E-state index contributed by atoms with van der Waals surface area (Å²) >= 11 is 0. The fraction of sp³-hybridized carbons (Fsp3) is 0.263. The molecule has 0 fully saturated rings. The van der Waals surface area contributed by atoms with Crippen LogP contribution >= 0.6 is 0 Å². The van der Waals surface area contributed by atoms with E-state index in [4.69, 9.17) is 9.47 Å². The molecule has 2 aromatic rings. The average Bonchev–Trinajstić information content (AvgIpc) is 2.61. The van der Waals surface area contributed by atoms with E-state index in [1.165, 1.54) is 32.2 Å². The fourth-order valence-corrected chi connectivity index (χ4v) is 2.29. The van der Waals surface area contributed by atoms with E-state index in [2.05, 4.69) is 10.1 Å². The molecule has 27 heavy (non-hydrogen) atoms. The van der Waals surface area contributed by atoms with Gasteiger partial charge in [-0.2, -0.15) is 8.78 Å². The van der Waals surface area contributed by atoms with Crippen LogP contribution in [0, 0.1) is 0 Å². The number of esters is 1. The third-order valence-electron chi connectivity index (χ3n) is 3.47. The summed E-state index contributed by atoms with van der Waals surface area (Å²) < 4.78 is 39.2. The summed E-state index contributed by atoms with van der Waals surface area (Å²) in [5.74, 6) is -0.601. The first-order valence-electron chi connectivity index (χ1n) is 8.01. The topological polar surface area (TPSA) is 73.9 Å². The molecule has 0 heterocycles. The molecule has 2 aromatic carbocycles. The number of hydrogen-bond donors (Lipinski definition) is 1. The van der Waals surface area contributed by atoms with Crippen LogP contribution < -0.4 is 14.8 Å². The van der Waals surface area contributed by atoms with Gasteiger partial charge in [-0.05, 0) is 35.4 Å². The maximum atomic E-state index is 12.3. The molecule has 0 saturated heterocycles. The molecule has 144 valence electrons. The van der Waals surface area contributed by atoms with E-state index in [-0.39, 0.29) is 30.4 Å². The lowest BCUT2D eigenvalue weighted by molar-refractivity contribution is -0.144. The molecule has 0 aliphatic rings. The number of carbonyl (C=O) groups excluding carboxylic acids is 2. The molecular weight excluding hydrogens is 360 g/mol. The molecule has 2 rings (SSSR count). The Morgan fingerprint density at radius 3 is 2.30 bits per heavy atom. The molecule has 1 N–H and O–H groups in total. The smallest absolute Gasteiger partial charge is 0.387 e. The number of rotatable bonds is 8. The Labute approximate surface area is 155 Å². The molecular formula is C19H19F2NO5. The van der Waals surface area contributed by atoms with Crippen LogP contribution in [0.3, 0.4) is 0 Å². The van der Waals surface area contributed by atoms with Crippen molar-refractivity contribution < 1.29 is 32.6 Å². The van der Waals surface area contributed by atoms with Gasteiger partial charge in [0.25, 0.3) is 0 Å². The minimum absolute atomic E-state index is 0.0336. The number of anilines is 1. The largest absolute Gasteiger partial charge is 0.493 e. The molecule has 0 aliphatic carbocycles. The Balaban J connectivity index is 1.90. The highest BCUT2D eigenvalue weighted by Crippen LogP contribution is 2.29. The van der Waals surface area contributed by atoms with Crippen LogP contribution in [0.1, 0.15) is 18.1 Å². The van der Waals surface area contributed by atoms with Crippen LogP contribution in [0.4, 0.5) is 14.5 Å². The minimum Gasteiger partial charge on any atom is -0.493 e. The predicted molar refractivity (Wildman–Crippen MR) is 93.9 cm³/mol. The number of halogens is 2. The maximum absolute atomic E-state index is 12.3. The number of benzene rings is 2. The average molecular weight is 379 g/mol. The molecule has 0 spiro atoms. The van der Waals surface area contributed by atoms with Gasteiger partial charge in [-0.15, -0.1) is 0 Å². The number of methoxy groups -OCH3 is 1. The quantitative estimate of drug-likeness (QED) is 0.710. The van der Waals surface area contributed by atoms with Gasteiger partial charge in [-0.3, -0.25) is 9.59 Å². The van der Waals surface area contributed by atoms with E-state index in [9.17, 15) is 18.4 Å². The SMILES string of the molecule is COc1cc(COC(=O)Cc2ccc(NC(C)=O)cc2)ccc1OC(F)F. The lowest BCUT2D eigenvalue weighted by Crippen LogP contribution is -2.09. The number of carbonyl (C=O) groups is 2.